The van der Waals surface area contributed by atoms with Gasteiger partial charge in [-0.25, -0.2) is 0 Å². The number of nitrogens with one attached hydrogen (secondary N) is 1. The minimum absolute atomic E-state index is 0.0502. The highest BCUT2D eigenvalue weighted by atomic mass is 16.5. The number of fused-ring (bicyclic) bond motifs is 1. The van der Waals surface area contributed by atoms with Crippen molar-refractivity contribution in [1.82, 2.24) is 0 Å². The van der Waals surface area contributed by atoms with Crippen molar-refractivity contribution in [3.8, 4) is 11.5 Å². The summed E-state index contributed by atoms with van der Waals surface area (Å²) in [6.07, 6.45) is 0.983. The number of carbonyl (C=O) groups is 1. The van der Waals surface area contributed by atoms with Crippen molar-refractivity contribution in [2.24, 2.45) is 0 Å². The number of hydrogen-bond acceptors (Lipinski definition) is 3. The molecule has 0 aromatic heterocycles. The third-order valence-corrected chi connectivity index (χ3v) is 4.45. The van der Waals surface area contributed by atoms with Gasteiger partial charge in [-0.2, -0.15) is 0 Å². The van der Waals surface area contributed by atoms with Crippen LogP contribution < -0.4 is 15.0 Å². The van der Waals surface area contributed by atoms with Gasteiger partial charge in [0.2, 0.25) is 5.91 Å². The predicted octanol–water partition coefficient (Wildman–Crippen LogP) is 4.48. The van der Waals surface area contributed by atoms with E-state index in [-0.39, 0.29) is 5.91 Å². The van der Waals surface area contributed by atoms with Crippen LogP contribution in [0.1, 0.15) is 5.56 Å². The van der Waals surface area contributed by atoms with Gasteiger partial charge in [0.25, 0.3) is 0 Å². The van der Waals surface area contributed by atoms with Crippen LogP contribution in [-0.2, 0) is 11.2 Å². The van der Waals surface area contributed by atoms with E-state index in [0.29, 0.717) is 18.0 Å². The van der Waals surface area contributed by atoms with Gasteiger partial charge in [0.1, 0.15) is 5.75 Å². The first-order valence-electron chi connectivity index (χ1n) is 8.74. The smallest absolute Gasteiger partial charge is 0.243 e. The number of carbonyl (C=O) groups excluding carboxylic acids is 1. The van der Waals surface area contributed by atoms with Crippen molar-refractivity contribution < 1.29 is 9.53 Å². The summed E-state index contributed by atoms with van der Waals surface area (Å²) in [5, 5.41) is 2.98. The van der Waals surface area contributed by atoms with Gasteiger partial charge in [0.05, 0.1) is 12.2 Å². The van der Waals surface area contributed by atoms with E-state index in [4.69, 9.17) is 4.74 Å². The minimum atomic E-state index is -0.0502. The Labute approximate surface area is 153 Å². The van der Waals surface area contributed by atoms with Crippen molar-refractivity contribution in [3.05, 3.63) is 84.4 Å². The Morgan fingerprint density at radius 3 is 2.54 bits per heavy atom. The fourth-order valence-electron chi connectivity index (χ4n) is 3.21. The Bertz CT molecular complexity index is 909. The molecule has 26 heavy (non-hydrogen) atoms. The molecule has 0 radical (unpaired) electrons. The Kier molecular flexibility index (Phi) is 4.56. The Balaban J connectivity index is 1.45. The van der Waals surface area contributed by atoms with Crippen LogP contribution in [0.25, 0.3) is 0 Å². The van der Waals surface area contributed by atoms with E-state index in [1.165, 1.54) is 5.56 Å². The monoisotopic (exact) mass is 344 g/mol. The zero-order chi connectivity index (χ0) is 17.8. The molecule has 1 N–H and O–H groups in total. The Morgan fingerprint density at radius 1 is 0.923 bits per heavy atom. The van der Waals surface area contributed by atoms with Crippen LogP contribution in [0.2, 0.25) is 0 Å². The van der Waals surface area contributed by atoms with Crippen LogP contribution in [0, 0.1) is 0 Å². The van der Waals surface area contributed by atoms with Crippen molar-refractivity contribution in [2.75, 3.05) is 23.3 Å². The maximum absolute atomic E-state index is 12.6. The average Bonchev–Trinajstić information content (AvgIpc) is 3.07. The lowest BCUT2D eigenvalue weighted by molar-refractivity contribution is -0.115. The number of anilines is 2. The zero-order valence-corrected chi connectivity index (χ0v) is 14.4. The molecule has 3 aromatic carbocycles. The molecule has 4 nitrogen and oxygen atoms in total. The first kappa shape index (κ1) is 16.2. The minimum Gasteiger partial charge on any atom is -0.455 e. The molecule has 130 valence electrons. The number of benzene rings is 3. The second kappa shape index (κ2) is 7.31. The number of ether oxygens (including phenoxy) is 1. The third-order valence-electron chi connectivity index (χ3n) is 4.45. The molecular weight excluding hydrogens is 324 g/mol. The zero-order valence-electron chi connectivity index (χ0n) is 14.4. The summed E-state index contributed by atoms with van der Waals surface area (Å²) in [6.45, 7) is 1.20. The molecule has 0 saturated carbocycles. The number of amides is 1. The maximum Gasteiger partial charge on any atom is 0.243 e. The lowest BCUT2D eigenvalue weighted by atomic mass is 10.2. The largest absolute Gasteiger partial charge is 0.455 e. The molecule has 0 aliphatic carbocycles. The summed E-state index contributed by atoms with van der Waals surface area (Å²) in [4.78, 5) is 14.7. The van der Waals surface area contributed by atoms with Gasteiger partial charge in [0.15, 0.2) is 5.75 Å². The highest BCUT2D eigenvalue weighted by Crippen LogP contribution is 2.30. The molecule has 3 aromatic rings. The van der Waals surface area contributed by atoms with E-state index in [9.17, 15) is 4.79 Å². The van der Waals surface area contributed by atoms with Gasteiger partial charge in [0, 0.05) is 12.2 Å². The van der Waals surface area contributed by atoms with Crippen LogP contribution in [0.15, 0.2) is 78.9 Å². The van der Waals surface area contributed by atoms with Gasteiger partial charge in [-0.05, 0) is 42.3 Å². The fraction of sp³-hybridized carbons (Fsp3) is 0.136. The molecule has 1 amide bonds. The molecule has 1 aliphatic rings. The van der Waals surface area contributed by atoms with Crippen molar-refractivity contribution >= 4 is 17.3 Å². The van der Waals surface area contributed by atoms with E-state index >= 15 is 0 Å². The molecular formula is C22H20N2O2. The molecule has 0 atom stereocenters. The standard InChI is InChI=1S/C22H20N2O2/c25-22(16-24-15-14-17-8-4-6-12-20(17)24)23-19-11-5-7-13-21(19)26-18-9-2-1-3-10-18/h1-13H,14-16H2,(H,23,25). The summed E-state index contributed by atoms with van der Waals surface area (Å²) < 4.78 is 5.91. The predicted molar refractivity (Wildman–Crippen MR) is 104 cm³/mol. The van der Waals surface area contributed by atoms with Crippen LogP contribution in [0.3, 0.4) is 0 Å². The van der Waals surface area contributed by atoms with Gasteiger partial charge in [-0.15, -0.1) is 0 Å². The normalized spacial score (nSPS) is 12.5. The van der Waals surface area contributed by atoms with Gasteiger partial charge in [-0.3, -0.25) is 4.79 Å². The molecule has 0 fully saturated rings. The number of rotatable bonds is 5. The third kappa shape index (κ3) is 3.54. The Hall–Kier alpha value is -3.27. The van der Waals surface area contributed by atoms with Crippen LogP contribution in [0.4, 0.5) is 11.4 Å². The van der Waals surface area contributed by atoms with Crippen molar-refractivity contribution in [1.29, 1.82) is 0 Å². The molecule has 4 rings (SSSR count). The van der Waals surface area contributed by atoms with Gasteiger partial charge in [-0.1, -0.05) is 48.5 Å². The number of hydrogen-bond donors (Lipinski definition) is 1. The Morgan fingerprint density at radius 2 is 1.65 bits per heavy atom. The van der Waals surface area contributed by atoms with Crippen LogP contribution >= 0.6 is 0 Å². The van der Waals surface area contributed by atoms with Gasteiger partial charge >= 0.3 is 0 Å². The first-order chi connectivity index (χ1) is 12.8. The van der Waals surface area contributed by atoms with E-state index in [2.05, 4.69) is 22.3 Å². The highest BCUT2D eigenvalue weighted by Gasteiger charge is 2.21. The average molecular weight is 344 g/mol. The SMILES string of the molecule is O=C(CN1CCc2ccccc21)Nc1ccccc1Oc1ccccc1. The van der Waals surface area contributed by atoms with E-state index < -0.39 is 0 Å². The molecule has 4 heteroatoms. The fourth-order valence-corrected chi connectivity index (χ4v) is 3.21. The second-order valence-corrected chi connectivity index (χ2v) is 6.26. The summed E-state index contributed by atoms with van der Waals surface area (Å²) in [6, 6.07) is 25.3. The highest BCUT2D eigenvalue weighted by molar-refractivity contribution is 5.95. The van der Waals surface area contributed by atoms with Crippen LogP contribution in [0.5, 0.6) is 11.5 Å². The number of para-hydroxylation sites is 4. The summed E-state index contributed by atoms with van der Waals surface area (Å²) in [5.41, 5.74) is 3.12. The molecule has 1 heterocycles. The molecule has 0 saturated heterocycles. The van der Waals surface area contributed by atoms with Crippen molar-refractivity contribution in [3.63, 3.8) is 0 Å². The number of nitrogens with zero attached hydrogens (tertiary/aromatic N) is 1. The molecule has 1 aliphatic heterocycles. The first-order valence-corrected chi connectivity index (χ1v) is 8.74. The topological polar surface area (TPSA) is 41.6 Å². The van der Waals surface area contributed by atoms with Gasteiger partial charge < -0.3 is 15.0 Å². The lowest BCUT2D eigenvalue weighted by Gasteiger charge is -2.19. The van der Waals surface area contributed by atoms with E-state index in [1.54, 1.807) is 0 Å². The van der Waals surface area contributed by atoms with Crippen molar-refractivity contribution in [2.45, 2.75) is 6.42 Å². The molecule has 0 bridgehead atoms. The molecule has 0 spiro atoms. The summed E-state index contributed by atoms with van der Waals surface area (Å²) >= 11 is 0. The lowest BCUT2D eigenvalue weighted by Crippen LogP contribution is -2.31. The maximum atomic E-state index is 12.6. The van der Waals surface area contributed by atoms with E-state index in [1.807, 2.05) is 66.7 Å². The quantitative estimate of drug-likeness (QED) is 0.742. The summed E-state index contributed by atoms with van der Waals surface area (Å²) in [5.74, 6) is 1.32. The summed E-state index contributed by atoms with van der Waals surface area (Å²) in [7, 11) is 0. The van der Waals surface area contributed by atoms with E-state index in [0.717, 1.165) is 24.4 Å². The molecule has 0 unspecified atom stereocenters. The van der Waals surface area contributed by atoms with Crippen LogP contribution in [-0.4, -0.2) is 19.0 Å². The second-order valence-electron chi connectivity index (χ2n) is 6.26.